The molecule has 1 aliphatic carbocycles. The lowest BCUT2D eigenvalue weighted by Gasteiger charge is -2.22. The van der Waals surface area contributed by atoms with Gasteiger partial charge in [0.25, 0.3) is 0 Å². The number of carbonyl (C=O) groups excluding carboxylic acids is 1. The van der Waals surface area contributed by atoms with E-state index >= 15 is 0 Å². The van der Waals surface area contributed by atoms with E-state index in [1.807, 2.05) is 0 Å². The van der Waals surface area contributed by atoms with Crippen LogP contribution in [0.4, 0.5) is 0 Å². The second-order valence-corrected chi connectivity index (χ2v) is 2.92. The number of primary amides is 1. The molecule has 0 unspecified atom stereocenters. The molecule has 10 heavy (non-hydrogen) atoms. The number of hydrogen-bond donors (Lipinski definition) is 2. The minimum absolute atomic E-state index is 0.0799. The lowest BCUT2D eigenvalue weighted by molar-refractivity contribution is -0.123. The first-order valence-corrected chi connectivity index (χ1v) is 3.67. The van der Waals surface area contributed by atoms with Crippen molar-refractivity contribution < 1.29 is 9.90 Å². The van der Waals surface area contributed by atoms with Crippen LogP contribution < -0.4 is 5.73 Å². The van der Waals surface area contributed by atoms with Gasteiger partial charge in [-0.05, 0) is 19.3 Å². The van der Waals surface area contributed by atoms with Crippen LogP contribution in [-0.4, -0.2) is 17.1 Å². The Bertz CT molecular complexity index is 136. The van der Waals surface area contributed by atoms with E-state index in [0.29, 0.717) is 6.42 Å². The highest BCUT2D eigenvalue weighted by molar-refractivity contribution is 5.76. The predicted molar refractivity (Wildman–Crippen MR) is 37.2 cm³/mol. The summed E-state index contributed by atoms with van der Waals surface area (Å²) in [6, 6.07) is 0. The van der Waals surface area contributed by atoms with Crippen LogP contribution in [0.5, 0.6) is 0 Å². The molecule has 3 nitrogen and oxygen atoms in total. The normalized spacial score (nSPS) is 33.7. The van der Waals surface area contributed by atoms with Crippen molar-refractivity contribution in [2.24, 2.45) is 11.7 Å². The monoisotopic (exact) mass is 143 g/mol. The second kappa shape index (κ2) is 3.01. The van der Waals surface area contributed by atoms with Gasteiger partial charge in [0, 0.05) is 5.92 Å². The first kappa shape index (κ1) is 7.54. The molecule has 58 valence electrons. The summed E-state index contributed by atoms with van der Waals surface area (Å²) < 4.78 is 0. The van der Waals surface area contributed by atoms with Crippen molar-refractivity contribution in [3.63, 3.8) is 0 Å². The molecule has 0 aromatic heterocycles. The van der Waals surface area contributed by atoms with Crippen molar-refractivity contribution in [2.45, 2.75) is 31.8 Å². The quantitative estimate of drug-likeness (QED) is 0.543. The van der Waals surface area contributed by atoms with Gasteiger partial charge >= 0.3 is 0 Å². The molecule has 0 aromatic carbocycles. The number of rotatable bonds is 1. The molecule has 0 saturated heterocycles. The number of carbonyl (C=O) groups is 1. The van der Waals surface area contributed by atoms with Crippen molar-refractivity contribution in [1.29, 1.82) is 0 Å². The SMILES string of the molecule is NC(=O)[C@H]1CCC[C@H](O)C1. The largest absolute Gasteiger partial charge is 0.393 e. The smallest absolute Gasteiger partial charge is 0.220 e. The maximum atomic E-state index is 10.6. The van der Waals surface area contributed by atoms with E-state index in [9.17, 15) is 4.79 Å². The molecule has 0 aliphatic heterocycles. The van der Waals surface area contributed by atoms with E-state index < -0.39 is 0 Å². The van der Waals surface area contributed by atoms with E-state index in [1.54, 1.807) is 0 Å². The molecule has 3 heteroatoms. The van der Waals surface area contributed by atoms with Crippen molar-refractivity contribution in [2.75, 3.05) is 0 Å². The second-order valence-electron chi connectivity index (χ2n) is 2.92. The maximum Gasteiger partial charge on any atom is 0.220 e. The van der Waals surface area contributed by atoms with Crippen LogP contribution in [0.2, 0.25) is 0 Å². The molecule has 0 heterocycles. The number of amides is 1. The molecule has 1 rings (SSSR count). The third kappa shape index (κ3) is 1.70. The Kier molecular flexibility index (Phi) is 2.27. The molecule has 1 aliphatic rings. The van der Waals surface area contributed by atoms with Gasteiger partial charge in [0.15, 0.2) is 0 Å². The minimum Gasteiger partial charge on any atom is -0.393 e. The highest BCUT2D eigenvalue weighted by atomic mass is 16.3. The number of aliphatic hydroxyl groups is 1. The Labute approximate surface area is 60.2 Å². The summed E-state index contributed by atoms with van der Waals surface area (Å²) in [4.78, 5) is 10.6. The van der Waals surface area contributed by atoms with Crippen LogP contribution in [0, 0.1) is 5.92 Å². The van der Waals surface area contributed by atoms with Crippen LogP contribution in [0.3, 0.4) is 0 Å². The third-order valence-corrected chi connectivity index (χ3v) is 2.05. The molecule has 0 bridgehead atoms. The van der Waals surface area contributed by atoms with Gasteiger partial charge in [-0.1, -0.05) is 6.42 Å². The zero-order chi connectivity index (χ0) is 7.56. The molecule has 3 N–H and O–H groups in total. The Morgan fingerprint density at radius 3 is 2.60 bits per heavy atom. The van der Waals surface area contributed by atoms with E-state index in [1.165, 1.54) is 0 Å². The summed E-state index contributed by atoms with van der Waals surface area (Å²) in [5.74, 6) is -0.345. The molecule has 0 aromatic rings. The van der Waals surface area contributed by atoms with Gasteiger partial charge < -0.3 is 10.8 Å². The van der Waals surface area contributed by atoms with E-state index in [4.69, 9.17) is 10.8 Å². The van der Waals surface area contributed by atoms with Gasteiger partial charge in [-0.15, -0.1) is 0 Å². The molecule has 0 radical (unpaired) electrons. The van der Waals surface area contributed by atoms with Crippen molar-refractivity contribution in [1.82, 2.24) is 0 Å². The molecular weight excluding hydrogens is 130 g/mol. The van der Waals surface area contributed by atoms with Crippen molar-refractivity contribution in [3.8, 4) is 0 Å². The van der Waals surface area contributed by atoms with Crippen LogP contribution in [0.15, 0.2) is 0 Å². The molecule has 1 amide bonds. The first-order chi connectivity index (χ1) is 4.70. The van der Waals surface area contributed by atoms with Gasteiger partial charge in [0.05, 0.1) is 6.10 Å². The molecule has 2 atom stereocenters. The number of hydrogen-bond acceptors (Lipinski definition) is 2. The maximum absolute atomic E-state index is 10.6. The van der Waals surface area contributed by atoms with Crippen molar-refractivity contribution in [3.05, 3.63) is 0 Å². The topological polar surface area (TPSA) is 63.3 Å². The molecule has 1 fully saturated rings. The highest BCUT2D eigenvalue weighted by Crippen LogP contribution is 2.23. The molecule has 1 saturated carbocycles. The van der Waals surface area contributed by atoms with E-state index in [2.05, 4.69) is 0 Å². The summed E-state index contributed by atoms with van der Waals surface area (Å²) in [5.41, 5.74) is 5.08. The molecule has 0 spiro atoms. The first-order valence-electron chi connectivity index (χ1n) is 3.67. The standard InChI is InChI=1S/C7H13NO2/c8-7(10)5-2-1-3-6(9)4-5/h5-6,9H,1-4H2,(H2,8,10)/t5-,6-/m0/s1. The highest BCUT2D eigenvalue weighted by Gasteiger charge is 2.23. The average Bonchev–Trinajstić information content (AvgIpc) is 1.88. The van der Waals surface area contributed by atoms with Crippen LogP contribution >= 0.6 is 0 Å². The lowest BCUT2D eigenvalue weighted by Crippen LogP contribution is -2.30. The summed E-state index contributed by atoms with van der Waals surface area (Å²) in [6.07, 6.45) is 2.87. The fourth-order valence-electron chi connectivity index (χ4n) is 1.42. The van der Waals surface area contributed by atoms with Gasteiger partial charge in [-0.25, -0.2) is 0 Å². The summed E-state index contributed by atoms with van der Waals surface area (Å²) in [6.45, 7) is 0. The average molecular weight is 143 g/mol. The fraction of sp³-hybridized carbons (Fsp3) is 0.857. The van der Waals surface area contributed by atoms with Gasteiger partial charge in [-0.2, -0.15) is 0 Å². The van der Waals surface area contributed by atoms with Crippen LogP contribution in [0.25, 0.3) is 0 Å². The Morgan fingerprint density at radius 1 is 1.50 bits per heavy atom. The predicted octanol–water partition coefficient (Wildman–Crippen LogP) is 0.0228. The fourth-order valence-corrected chi connectivity index (χ4v) is 1.42. The van der Waals surface area contributed by atoms with Gasteiger partial charge in [0.2, 0.25) is 5.91 Å². The van der Waals surface area contributed by atoms with Gasteiger partial charge in [0.1, 0.15) is 0 Å². The lowest BCUT2D eigenvalue weighted by atomic mass is 9.87. The van der Waals surface area contributed by atoms with Crippen LogP contribution in [0.1, 0.15) is 25.7 Å². The molecular formula is C7H13NO2. The Morgan fingerprint density at radius 2 is 2.20 bits per heavy atom. The minimum atomic E-state index is -0.300. The summed E-state index contributed by atoms with van der Waals surface area (Å²) >= 11 is 0. The number of aliphatic hydroxyl groups excluding tert-OH is 1. The number of nitrogens with two attached hydrogens (primary N) is 1. The Balaban J connectivity index is 2.39. The zero-order valence-electron chi connectivity index (χ0n) is 5.92. The van der Waals surface area contributed by atoms with Gasteiger partial charge in [-0.3, -0.25) is 4.79 Å². The summed E-state index contributed by atoms with van der Waals surface area (Å²) in [7, 11) is 0. The third-order valence-electron chi connectivity index (χ3n) is 2.05. The van der Waals surface area contributed by atoms with E-state index in [0.717, 1.165) is 19.3 Å². The summed E-state index contributed by atoms with van der Waals surface area (Å²) in [5, 5.41) is 9.12. The Hall–Kier alpha value is -0.570. The van der Waals surface area contributed by atoms with Crippen LogP contribution in [-0.2, 0) is 4.79 Å². The van der Waals surface area contributed by atoms with Crippen molar-refractivity contribution >= 4 is 5.91 Å². The zero-order valence-corrected chi connectivity index (χ0v) is 5.92. The van der Waals surface area contributed by atoms with E-state index in [-0.39, 0.29) is 17.9 Å².